The lowest BCUT2D eigenvalue weighted by molar-refractivity contribution is -0.141. The summed E-state index contributed by atoms with van der Waals surface area (Å²) in [5.41, 5.74) is -3.21. The van der Waals surface area contributed by atoms with Crippen LogP contribution in [0.25, 0.3) is 10.9 Å². The number of aromatic amines is 1. The topological polar surface area (TPSA) is 48.9 Å². The van der Waals surface area contributed by atoms with E-state index in [-0.39, 0.29) is 16.6 Å². The van der Waals surface area contributed by atoms with Crippen LogP contribution in [0, 0.1) is 5.92 Å². The summed E-state index contributed by atoms with van der Waals surface area (Å²) in [7, 11) is 0. The van der Waals surface area contributed by atoms with Crippen molar-refractivity contribution in [3.05, 3.63) is 29.7 Å². The Balaban J connectivity index is 2.31. The van der Waals surface area contributed by atoms with E-state index in [0.29, 0.717) is 0 Å². The van der Waals surface area contributed by atoms with Crippen LogP contribution in [-0.4, -0.2) is 33.8 Å². The highest BCUT2D eigenvalue weighted by atomic mass is 19.4. The van der Waals surface area contributed by atoms with Crippen molar-refractivity contribution in [2.75, 3.05) is 6.67 Å². The number of halogens is 6. The molecule has 2 aromatic heterocycles. The van der Waals surface area contributed by atoms with Gasteiger partial charge < -0.3 is 10.1 Å². The standard InChI is InChI=1S/C15H16F6N2O/c1-8(6-16)4-14(24,13(17)18)5-10-2-9-3-12(15(19,20)21)22-7-11(9)23-10/h2-3,7-8,13,23-24H,4-6H2,1H3. The molecule has 0 aliphatic heterocycles. The highest BCUT2D eigenvalue weighted by molar-refractivity contribution is 5.80. The van der Waals surface area contributed by atoms with Crippen molar-refractivity contribution in [1.29, 1.82) is 0 Å². The van der Waals surface area contributed by atoms with Crippen LogP contribution in [0.3, 0.4) is 0 Å². The van der Waals surface area contributed by atoms with Gasteiger partial charge in [-0.25, -0.2) is 13.8 Å². The molecule has 134 valence electrons. The van der Waals surface area contributed by atoms with Gasteiger partial charge in [-0.1, -0.05) is 6.92 Å². The quantitative estimate of drug-likeness (QED) is 0.767. The molecule has 2 unspecified atom stereocenters. The number of hydrogen-bond acceptors (Lipinski definition) is 2. The molecule has 24 heavy (non-hydrogen) atoms. The second-order valence-electron chi connectivity index (χ2n) is 5.99. The number of pyridine rings is 1. The molecule has 0 aromatic carbocycles. The van der Waals surface area contributed by atoms with E-state index in [2.05, 4.69) is 9.97 Å². The highest BCUT2D eigenvalue weighted by Gasteiger charge is 2.39. The second kappa shape index (κ2) is 6.62. The normalized spacial score (nSPS) is 16.5. The first-order valence-corrected chi connectivity index (χ1v) is 7.16. The van der Waals surface area contributed by atoms with Gasteiger partial charge in [0.2, 0.25) is 0 Å². The molecule has 0 aliphatic carbocycles. The smallest absolute Gasteiger partial charge is 0.384 e. The summed E-state index contributed by atoms with van der Waals surface area (Å²) in [5, 5.41) is 10.3. The van der Waals surface area contributed by atoms with Crippen LogP contribution in [0.5, 0.6) is 0 Å². The van der Waals surface area contributed by atoms with Gasteiger partial charge in [0, 0.05) is 17.5 Å². The number of hydrogen-bond donors (Lipinski definition) is 2. The Bertz CT molecular complexity index is 699. The van der Waals surface area contributed by atoms with Crippen molar-refractivity contribution in [3.63, 3.8) is 0 Å². The average molecular weight is 354 g/mol. The average Bonchev–Trinajstić information content (AvgIpc) is 2.86. The zero-order valence-electron chi connectivity index (χ0n) is 12.7. The number of alkyl halides is 6. The molecule has 0 spiro atoms. The molecule has 0 bridgehead atoms. The number of H-pyrrole nitrogens is 1. The lowest BCUT2D eigenvalue weighted by Gasteiger charge is -2.28. The fourth-order valence-electron chi connectivity index (χ4n) is 2.57. The number of rotatable bonds is 6. The minimum atomic E-state index is -4.62. The zero-order chi connectivity index (χ0) is 18.1. The van der Waals surface area contributed by atoms with Crippen LogP contribution in [0.1, 0.15) is 24.7 Å². The number of fused-ring (bicyclic) bond motifs is 1. The number of nitrogens with one attached hydrogen (secondary N) is 1. The van der Waals surface area contributed by atoms with Crippen LogP contribution in [0.2, 0.25) is 0 Å². The van der Waals surface area contributed by atoms with Crippen LogP contribution in [0.15, 0.2) is 18.3 Å². The number of aromatic nitrogens is 2. The first kappa shape index (κ1) is 18.6. The number of nitrogens with zero attached hydrogens (tertiary/aromatic N) is 1. The molecule has 9 heteroatoms. The van der Waals surface area contributed by atoms with Crippen molar-refractivity contribution in [2.24, 2.45) is 5.92 Å². The molecule has 2 rings (SSSR count). The molecular formula is C15H16F6N2O. The van der Waals surface area contributed by atoms with E-state index in [9.17, 15) is 31.4 Å². The SMILES string of the molecule is CC(CF)CC(O)(Cc1cc2cc(C(F)(F)F)ncc2[nH]1)C(F)F. The molecule has 0 saturated carbocycles. The molecule has 0 radical (unpaired) electrons. The molecule has 0 aliphatic rings. The van der Waals surface area contributed by atoms with Gasteiger partial charge in [0.1, 0.15) is 11.3 Å². The molecule has 0 saturated heterocycles. The maximum absolute atomic E-state index is 13.2. The lowest BCUT2D eigenvalue weighted by atomic mass is 9.88. The van der Waals surface area contributed by atoms with Gasteiger partial charge in [-0.15, -0.1) is 0 Å². The summed E-state index contributed by atoms with van der Waals surface area (Å²) in [6.45, 7) is 0.526. The van der Waals surface area contributed by atoms with E-state index in [4.69, 9.17) is 0 Å². The van der Waals surface area contributed by atoms with E-state index in [1.165, 1.54) is 13.0 Å². The number of aliphatic hydroxyl groups is 1. The molecular weight excluding hydrogens is 338 g/mol. The van der Waals surface area contributed by atoms with Gasteiger partial charge in [0.15, 0.2) is 0 Å². The van der Waals surface area contributed by atoms with Crippen LogP contribution in [0.4, 0.5) is 26.3 Å². The van der Waals surface area contributed by atoms with Crippen LogP contribution < -0.4 is 0 Å². The van der Waals surface area contributed by atoms with Gasteiger partial charge in [0.05, 0.1) is 18.4 Å². The van der Waals surface area contributed by atoms with Crippen molar-refractivity contribution in [2.45, 2.75) is 38.0 Å². The fraction of sp³-hybridized carbons (Fsp3) is 0.533. The summed E-state index contributed by atoms with van der Waals surface area (Å²) < 4.78 is 76.9. The third-order valence-corrected chi connectivity index (χ3v) is 3.72. The predicted octanol–water partition coefficient (Wildman–Crippen LogP) is 4.12. The molecule has 0 amide bonds. The fourth-order valence-corrected chi connectivity index (χ4v) is 2.57. The van der Waals surface area contributed by atoms with Crippen LogP contribution >= 0.6 is 0 Å². The van der Waals surface area contributed by atoms with E-state index >= 15 is 0 Å². The monoisotopic (exact) mass is 354 g/mol. The van der Waals surface area contributed by atoms with Gasteiger partial charge in [0.25, 0.3) is 6.43 Å². The summed E-state index contributed by atoms with van der Waals surface area (Å²) in [4.78, 5) is 5.93. The minimum Gasteiger partial charge on any atom is -0.384 e. The van der Waals surface area contributed by atoms with Crippen molar-refractivity contribution < 1.29 is 31.4 Å². The molecule has 2 aromatic rings. The third kappa shape index (κ3) is 4.00. The second-order valence-corrected chi connectivity index (χ2v) is 5.99. The maximum Gasteiger partial charge on any atom is 0.433 e. The molecule has 2 atom stereocenters. The van der Waals surface area contributed by atoms with Crippen molar-refractivity contribution >= 4 is 10.9 Å². The Hall–Kier alpha value is -1.77. The van der Waals surface area contributed by atoms with Crippen molar-refractivity contribution in [1.82, 2.24) is 9.97 Å². The first-order valence-electron chi connectivity index (χ1n) is 7.16. The van der Waals surface area contributed by atoms with Gasteiger partial charge in [-0.05, 0) is 24.5 Å². The van der Waals surface area contributed by atoms with Crippen LogP contribution in [-0.2, 0) is 12.6 Å². The molecule has 0 fully saturated rings. The van der Waals surface area contributed by atoms with E-state index in [1.54, 1.807) is 0 Å². The Labute approximate surface area is 133 Å². The summed E-state index contributed by atoms with van der Waals surface area (Å²) in [6, 6.07) is 2.04. The van der Waals surface area contributed by atoms with Crippen molar-refractivity contribution in [3.8, 4) is 0 Å². The van der Waals surface area contributed by atoms with E-state index in [0.717, 1.165) is 12.3 Å². The van der Waals surface area contributed by atoms with E-state index < -0.39 is 49.3 Å². The molecule has 2 N–H and O–H groups in total. The van der Waals surface area contributed by atoms with Gasteiger partial charge >= 0.3 is 6.18 Å². The maximum atomic E-state index is 13.2. The Morgan fingerprint density at radius 1 is 1.25 bits per heavy atom. The molecule has 3 nitrogen and oxygen atoms in total. The Morgan fingerprint density at radius 2 is 1.92 bits per heavy atom. The lowest BCUT2D eigenvalue weighted by Crippen LogP contribution is -2.41. The Morgan fingerprint density at radius 3 is 2.46 bits per heavy atom. The molecule has 2 heterocycles. The first-order chi connectivity index (χ1) is 11.0. The predicted molar refractivity (Wildman–Crippen MR) is 75.5 cm³/mol. The minimum absolute atomic E-state index is 0.125. The largest absolute Gasteiger partial charge is 0.433 e. The highest BCUT2D eigenvalue weighted by Crippen LogP contribution is 2.32. The van der Waals surface area contributed by atoms with E-state index in [1.807, 2.05) is 0 Å². The summed E-state index contributed by atoms with van der Waals surface area (Å²) in [5.74, 6) is -0.771. The van der Waals surface area contributed by atoms with Gasteiger partial charge in [-0.3, -0.25) is 4.39 Å². The Kier molecular flexibility index (Phi) is 5.12. The van der Waals surface area contributed by atoms with Gasteiger partial charge in [-0.2, -0.15) is 13.2 Å². The summed E-state index contributed by atoms with van der Waals surface area (Å²) >= 11 is 0. The zero-order valence-corrected chi connectivity index (χ0v) is 12.7. The third-order valence-electron chi connectivity index (χ3n) is 3.72. The summed E-state index contributed by atoms with van der Waals surface area (Å²) in [6.07, 6.45) is -7.80.